The first-order valence-electron chi connectivity index (χ1n) is 7.19. The van der Waals surface area contributed by atoms with Gasteiger partial charge in [0.2, 0.25) is 0 Å². The van der Waals surface area contributed by atoms with Crippen LogP contribution in [-0.2, 0) is 0 Å². The summed E-state index contributed by atoms with van der Waals surface area (Å²) in [6.45, 7) is 1.73. The molecular formula is C18H16N4O. The average Bonchev–Trinajstić information content (AvgIpc) is 2.56. The number of nitrogen functional groups attached to an aromatic ring is 1. The Hall–Kier alpha value is -3.21. The monoisotopic (exact) mass is 304 g/mol. The zero-order chi connectivity index (χ0) is 16.2. The van der Waals surface area contributed by atoms with Crippen molar-refractivity contribution in [2.24, 2.45) is 0 Å². The number of carbonyl (C=O) groups is 1. The molecule has 5 heteroatoms. The van der Waals surface area contributed by atoms with Crippen LogP contribution in [0, 0.1) is 6.92 Å². The molecule has 3 aromatic rings. The Balaban J connectivity index is 1.89. The predicted octanol–water partition coefficient (Wildman–Crippen LogP) is 3.59. The minimum absolute atomic E-state index is 0.177. The van der Waals surface area contributed by atoms with E-state index < -0.39 is 0 Å². The highest BCUT2D eigenvalue weighted by Gasteiger charge is 2.10. The Kier molecular flexibility index (Phi) is 4.01. The van der Waals surface area contributed by atoms with E-state index in [0.717, 1.165) is 16.8 Å². The molecule has 1 aromatic heterocycles. The number of nitrogens with two attached hydrogens (primary N) is 1. The first-order valence-corrected chi connectivity index (χ1v) is 7.19. The number of hydrogen-bond acceptors (Lipinski definition) is 5. The van der Waals surface area contributed by atoms with Crippen LogP contribution in [0.5, 0.6) is 0 Å². The molecule has 0 spiro atoms. The Morgan fingerprint density at radius 2 is 1.61 bits per heavy atom. The standard InChI is InChI=1S/C18H16N4O/c1-12-20-17(19)16(11-23)18(21-12)22-15-9-7-14(8-10-15)13-5-3-2-4-6-13/h2-11H,1H3,(H3,19,20,21,22). The second-order valence-corrected chi connectivity index (χ2v) is 5.10. The van der Waals surface area contributed by atoms with Crippen molar-refractivity contribution in [2.45, 2.75) is 6.92 Å². The van der Waals surface area contributed by atoms with Crippen LogP contribution in [0.15, 0.2) is 54.6 Å². The number of nitrogens with zero attached hydrogens (tertiary/aromatic N) is 2. The molecular weight excluding hydrogens is 288 g/mol. The minimum atomic E-state index is 0.177. The van der Waals surface area contributed by atoms with E-state index in [2.05, 4.69) is 27.4 Å². The molecule has 23 heavy (non-hydrogen) atoms. The molecule has 114 valence electrons. The van der Waals surface area contributed by atoms with Gasteiger partial charge in [0, 0.05) is 5.69 Å². The van der Waals surface area contributed by atoms with Gasteiger partial charge in [-0.25, -0.2) is 9.97 Å². The van der Waals surface area contributed by atoms with Crippen molar-refractivity contribution in [1.29, 1.82) is 0 Å². The number of rotatable bonds is 4. The van der Waals surface area contributed by atoms with Crippen molar-refractivity contribution in [2.75, 3.05) is 11.1 Å². The molecule has 5 nitrogen and oxygen atoms in total. The van der Waals surface area contributed by atoms with Crippen LogP contribution in [0.3, 0.4) is 0 Å². The number of anilines is 3. The van der Waals surface area contributed by atoms with Gasteiger partial charge >= 0.3 is 0 Å². The van der Waals surface area contributed by atoms with Crippen LogP contribution >= 0.6 is 0 Å². The van der Waals surface area contributed by atoms with Gasteiger partial charge in [0.25, 0.3) is 0 Å². The van der Waals surface area contributed by atoms with Crippen molar-refractivity contribution in [3.05, 3.63) is 66.0 Å². The molecule has 3 N–H and O–H groups in total. The van der Waals surface area contributed by atoms with E-state index in [0.29, 0.717) is 17.9 Å². The van der Waals surface area contributed by atoms with Crippen molar-refractivity contribution in [3.63, 3.8) is 0 Å². The smallest absolute Gasteiger partial charge is 0.157 e. The molecule has 0 atom stereocenters. The van der Waals surface area contributed by atoms with E-state index in [1.807, 2.05) is 42.5 Å². The Morgan fingerprint density at radius 3 is 2.26 bits per heavy atom. The summed E-state index contributed by atoms with van der Waals surface area (Å²) in [6, 6.07) is 18.0. The normalized spacial score (nSPS) is 10.3. The topological polar surface area (TPSA) is 80.9 Å². The third-order valence-electron chi connectivity index (χ3n) is 3.46. The third-order valence-corrected chi connectivity index (χ3v) is 3.46. The van der Waals surface area contributed by atoms with E-state index in [9.17, 15) is 4.79 Å². The molecule has 0 aliphatic carbocycles. The van der Waals surface area contributed by atoms with Crippen LogP contribution in [0.4, 0.5) is 17.3 Å². The predicted molar refractivity (Wildman–Crippen MR) is 91.7 cm³/mol. The molecule has 0 fully saturated rings. The van der Waals surface area contributed by atoms with Crippen molar-refractivity contribution < 1.29 is 4.79 Å². The summed E-state index contributed by atoms with van der Waals surface area (Å²) < 4.78 is 0. The van der Waals surface area contributed by atoms with E-state index in [4.69, 9.17) is 5.73 Å². The summed E-state index contributed by atoms with van der Waals surface area (Å²) in [5.41, 5.74) is 9.12. The molecule has 0 amide bonds. The number of aryl methyl sites for hydroxylation is 1. The van der Waals surface area contributed by atoms with Gasteiger partial charge in [-0.05, 0) is 30.2 Å². The van der Waals surface area contributed by atoms with Gasteiger partial charge in [-0.3, -0.25) is 4.79 Å². The summed E-state index contributed by atoms with van der Waals surface area (Å²) in [7, 11) is 0. The lowest BCUT2D eigenvalue weighted by molar-refractivity contribution is 0.112. The van der Waals surface area contributed by atoms with Crippen molar-refractivity contribution in [3.8, 4) is 11.1 Å². The molecule has 0 saturated heterocycles. The van der Waals surface area contributed by atoms with Crippen LogP contribution in [-0.4, -0.2) is 16.3 Å². The average molecular weight is 304 g/mol. The Bertz CT molecular complexity index is 830. The Morgan fingerprint density at radius 1 is 0.957 bits per heavy atom. The summed E-state index contributed by atoms with van der Waals surface area (Å²) in [5, 5.41) is 3.12. The minimum Gasteiger partial charge on any atom is -0.383 e. The second kappa shape index (κ2) is 6.27. The maximum Gasteiger partial charge on any atom is 0.157 e. The molecule has 2 aromatic carbocycles. The van der Waals surface area contributed by atoms with Gasteiger partial charge in [0.05, 0.1) is 5.56 Å². The largest absolute Gasteiger partial charge is 0.383 e. The number of hydrogen-bond donors (Lipinski definition) is 2. The van der Waals surface area contributed by atoms with Gasteiger partial charge in [0.1, 0.15) is 17.5 Å². The lowest BCUT2D eigenvalue weighted by Gasteiger charge is -2.11. The molecule has 0 radical (unpaired) electrons. The first kappa shape index (κ1) is 14.7. The Labute approximate surface area is 134 Å². The highest BCUT2D eigenvalue weighted by atomic mass is 16.1. The maximum absolute atomic E-state index is 11.2. The second-order valence-electron chi connectivity index (χ2n) is 5.10. The number of nitrogens with one attached hydrogen (secondary N) is 1. The number of carbonyl (C=O) groups excluding carboxylic acids is 1. The number of aldehydes is 1. The van der Waals surface area contributed by atoms with Crippen molar-refractivity contribution in [1.82, 2.24) is 9.97 Å². The van der Waals surface area contributed by atoms with Gasteiger partial charge in [-0.1, -0.05) is 42.5 Å². The lowest BCUT2D eigenvalue weighted by Crippen LogP contribution is -2.06. The quantitative estimate of drug-likeness (QED) is 0.720. The molecule has 0 saturated carbocycles. The van der Waals surface area contributed by atoms with Gasteiger partial charge in [-0.2, -0.15) is 0 Å². The fraction of sp³-hybridized carbons (Fsp3) is 0.0556. The highest BCUT2D eigenvalue weighted by molar-refractivity contribution is 5.89. The van der Waals surface area contributed by atoms with Crippen LogP contribution in [0.25, 0.3) is 11.1 Å². The van der Waals surface area contributed by atoms with Gasteiger partial charge in [-0.15, -0.1) is 0 Å². The maximum atomic E-state index is 11.2. The summed E-state index contributed by atoms with van der Waals surface area (Å²) in [6.07, 6.45) is 0.662. The van der Waals surface area contributed by atoms with Gasteiger partial charge in [0.15, 0.2) is 6.29 Å². The molecule has 3 rings (SSSR count). The summed E-state index contributed by atoms with van der Waals surface area (Å²) >= 11 is 0. The molecule has 0 bridgehead atoms. The van der Waals surface area contributed by atoms with Crippen LogP contribution in [0.2, 0.25) is 0 Å². The third kappa shape index (κ3) is 3.18. The van der Waals surface area contributed by atoms with Crippen LogP contribution in [0.1, 0.15) is 16.2 Å². The van der Waals surface area contributed by atoms with Crippen LogP contribution < -0.4 is 11.1 Å². The molecule has 0 aliphatic rings. The summed E-state index contributed by atoms with van der Waals surface area (Å²) in [5.74, 6) is 1.10. The van der Waals surface area contributed by atoms with E-state index in [1.165, 1.54) is 0 Å². The zero-order valence-electron chi connectivity index (χ0n) is 12.7. The fourth-order valence-corrected chi connectivity index (χ4v) is 2.33. The van der Waals surface area contributed by atoms with Gasteiger partial charge < -0.3 is 11.1 Å². The fourth-order valence-electron chi connectivity index (χ4n) is 2.33. The molecule has 0 unspecified atom stereocenters. The SMILES string of the molecule is Cc1nc(N)c(C=O)c(Nc2ccc(-c3ccccc3)cc2)n1. The summed E-state index contributed by atoms with van der Waals surface area (Å²) in [4.78, 5) is 19.4. The van der Waals surface area contributed by atoms with E-state index >= 15 is 0 Å². The number of aromatic nitrogens is 2. The lowest BCUT2D eigenvalue weighted by atomic mass is 10.1. The highest BCUT2D eigenvalue weighted by Crippen LogP contribution is 2.24. The zero-order valence-corrected chi connectivity index (χ0v) is 12.7. The molecule has 0 aliphatic heterocycles. The van der Waals surface area contributed by atoms with E-state index in [1.54, 1.807) is 6.92 Å². The van der Waals surface area contributed by atoms with Crippen molar-refractivity contribution >= 4 is 23.6 Å². The van der Waals surface area contributed by atoms with E-state index in [-0.39, 0.29) is 11.4 Å². The first-order chi connectivity index (χ1) is 11.2. The number of benzene rings is 2. The molecule has 1 heterocycles.